The first-order chi connectivity index (χ1) is 3.27. The van der Waals surface area contributed by atoms with Crippen LogP contribution in [0.4, 0.5) is 0 Å². The van der Waals surface area contributed by atoms with Crippen molar-refractivity contribution in [1.82, 2.24) is 0 Å². The Morgan fingerprint density at radius 2 is 2.57 bits per heavy atom. The molecule has 0 saturated carbocycles. The third kappa shape index (κ3) is 5.68. The van der Waals surface area contributed by atoms with E-state index in [0.717, 1.165) is 0 Å². The average Bonchev–Trinajstić information content (AvgIpc) is 1.61. The maximum atomic E-state index is 9.94. The first-order valence-corrected chi connectivity index (χ1v) is 2.38. The van der Waals surface area contributed by atoms with E-state index in [9.17, 15) is 4.79 Å². The summed E-state index contributed by atoms with van der Waals surface area (Å²) in [6.45, 7) is 1.37. The second kappa shape index (κ2) is 3.86. The molecule has 0 radical (unpaired) electrons. The minimum absolute atomic E-state index is 0.134. The normalized spacial score (nSPS) is 8.71. The summed E-state index contributed by atoms with van der Waals surface area (Å²) in [5, 5.41) is 7.72. The number of hydrogen-bond acceptors (Lipinski definition) is 3. The first kappa shape index (κ1) is 6.68. The van der Waals surface area contributed by atoms with Crippen molar-refractivity contribution in [3.8, 4) is 0 Å². The summed E-state index contributed by atoms with van der Waals surface area (Å²) in [5.74, 6) is 0. The predicted octanol–water partition coefficient (Wildman–Crippen LogP) is -0.0238. The summed E-state index contributed by atoms with van der Waals surface area (Å²) in [6, 6.07) is 0. The Kier molecular flexibility index (Phi) is 3.69. The zero-order chi connectivity index (χ0) is 5.70. The van der Waals surface area contributed by atoms with Crippen LogP contribution in [0.2, 0.25) is 0 Å². The molecule has 0 aromatic heterocycles. The first-order valence-electron chi connectivity index (χ1n) is 1.61. The molecule has 0 aromatic rings. The van der Waals surface area contributed by atoms with Crippen molar-refractivity contribution in [2.45, 2.75) is 6.92 Å². The Hall–Kier alpha value is -0.315. The van der Waals surface area contributed by atoms with Crippen LogP contribution in [0.5, 0.6) is 0 Å². The topological polar surface area (TPSA) is 49.7 Å². The van der Waals surface area contributed by atoms with Gasteiger partial charge in [-0.25, -0.2) is 0 Å². The van der Waals surface area contributed by atoms with Crippen molar-refractivity contribution in [3.63, 3.8) is 0 Å². The number of carbonyl (C=O) groups is 1. The molecule has 3 nitrogen and oxygen atoms in total. The molecule has 0 saturated heterocycles. The van der Waals surface area contributed by atoms with E-state index in [4.69, 9.17) is 5.02 Å². The molecule has 0 aliphatic heterocycles. The van der Waals surface area contributed by atoms with Crippen LogP contribution in [0.1, 0.15) is 6.92 Å². The third-order valence-corrected chi connectivity index (χ3v) is 0.685. The van der Waals surface area contributed by atoms with Crippen molar-refractivity contribution >= 4 is 24.3 Å². The third-order valence-electron chi connectivity index (χ3n) is 0.228. The molecule has 0 aliphatic rings. The van der Waals surface area contributed by atoms with Gasteiger partial charge in [-0.2, -0.15) is 0 Å². The second-order valence-electron chi connectivity index (χ2n) is 0.804. The number of nitrogens with zero attached hydrogens (tertiary/aromatic N) is 1. The van der Waals surface area contributed by atoms with Crippen molar-refractivity contribution in [1.29, 1.82) is 0 Å². The van der Waals surface area contributed by atoms with E-state index in [-0.39, 0.29) is 5.12 Å². The summed E-state index contributed by atoms with van der Waals surface area (Å²) in [5.41, 5.74) is 0. The van der Waals surface area contributed by atoms with E-state index < -0.39 is 0 Å². The van der Waals surface area contributed by atoms with Crippen LogP contribution in [-0.2, 0) is 4.79 Å². The van der Waals surface area contributed by atoms with Gasteiger partial charge in [-0.3, -0.25) is 0 Å². The molecule has 5 heteroatoms. The van der Waals surface area contributed by atoms with Gasteiger partial charge in [-0.05, 0) is 0 Å². The zero-order valence-corrected chi connectivity index (χ0v) is 4.60. The molecule has 0 unspecified atom stereocenters. The molecule has 0 heterocycles. The molecule has 0 aromatic carbocycles. The van der Waals surface area contributed by atoms with Crippen molar-refractivity contribution < 1.29 is 9.82 Å². The van der Waals surface area contributed by atoms with Gasteiger partial charge in [0.1, 0.15) is 0 Å². The van der Waals surface area contributed by atoms with Gasteiger partial charge < -0.3 is 0 Å². The molecule has 0 atom stereocenters. The number of rotatable bonds is 1. The molecule has 0 rings (SSSR count). The Labute approximate surface area is 46.2 Å². The molecular weight excluding hydrogens is 113 g/mol. The van der Waals surface area contributed by atoms with Crippen LogP contribution in [0.3, 0.4) is 0 Å². The predicted molar refractivity (Wildman–Crippen MR) is 28.7 cm³/mol. The molecule has 7 heavy (non-hydrogen) atoms. The average molecular weight is 117 g/mol. The van der Waals surface area contributed by atoms with Crippen LogP contribution in [0.15, 0.2) is 4.30 Å². The molecule has 38 valence electrons. The van der Waals surface area contributed by atoms with E-state index in [1.165, 1.54) is 6.92 Å². The van der Waals surface area contributed by atoms with Crippen LogP contribution in [0, 0.1) is 0 Å². The van der Waals surface area contributed by atoms with Crippen LogP contribution in [0.25, 0.3) is 0 Å². The summed E-state index contributed by atoms with van der Waals surface area (Å²) in [4.78, 5) is 9.94. The van der Waals surface area contributed by atoms with E-state index in [2.05, 4.69) is 4.30 Å². The van der Waals surface area contributed by atoms with Crippen molar-refractivity contribution in [2.24, 2.45) is 4.30 Å². The van der Waals surface area contributed by atoms with E-state index >= 15 is 0 Å². The molecule has 0 aliphatic carbocycles. The minimum atomic E-state index is -0.134. The van der Waals surface area contributed by atoms with Crippen LogP contribution >= 0.6 is 11.9 Å². The van der Waals surface area contributed by atoms with E-state index in [1.54, 1.807) is 0 Å². The number of hydrogen-bond donors (Lipinski definition) is 1. The Morgan fingerprint density at radius 3 is 2.71 bits per heavy atom. The van der Waals surface area contributed by atoms with Gasteiger partial charge >= 0.3 is 45.4 Å². The van der Waals surface area contributed by atoms with E-state index in [1.807, 2.05) is 0 Å². The Bertz CT molecular complexity index is 93.7. The maximum absolute atomic E-state index is 9.94. The fourth-order valence-electron chi connectivity index (χ4n) is 0.0978. The second-order valence-corrected chi connectivity index (χ2v) is 1.77. The fourth-order valence-corrected chi connectivity index (χ4v) is 0.293. The molecule has 0 spiro atoms. The van der Waals surface area contributed by atoms with Gasteiger partial charge in [0.2, 0.25) is 0 Å². The summed E-state index contributed by atoms with van der Waals surface area (Å²) >= 11 is 0.712. The molecule has 0 fully saturated rings. The summed E-state index contributed by atoms with van der Waals surface area (Å²) in [7, 11) is 0.589. The monoisotopic (exact) mass is 117 g/mol. The standard InChI is InChI=1S/C2H4BNO2S/c1-2(5)7-4-3-6/h6H,1H3. The fraction of sp³-hybridized carbons (Fsp3) is 0.500. The van der Waals surface area contributed by atoms with Gasteiger partial charge in [0, 0.05) is 0 Å². The zero-order valence-electron chi connectivity index (χ0n) is 3.79. The van der Waals surface area contributed by atoms with Crippen molar-refractivity contribution in [2.75, 3.05) is 0 Å². The summed E-state index contributed by atoms with van der Waals surface area (Å²) in [6.07, 6.45) is 0. The van der Waals surface area contributed by atoms with Gasteiger partial charge in [0.05, 0.1) is 0 Å². The van der Waals surface area contributed by atoms with Gasteiger partial charge in [0.25, 0.3) is 0 Å². The molecule has 0 bridgehead atoms. The van der Waals surface area contributed by atoms with Gasteiger partial charge in [0.15, 0.2) is 0 Å². The van der Waals surface area contributed by atoms with Crippen LogP contribution in [-0.4, -0.2) is 17.4 Å². The molecular formula is C2H4BNO2S. The van der Waals surface area contributed by atoms with Gasteiger partial charge in [-0.15, -0.1) is 0 Å². The number of carbonyl (C=O) groups excluding carboxylic acids is 1. The van der Waals surface area contributed by atoms with E-state index in [0.29, 0.717) is 19.2 Å². The van der Waals surface area contributed by atoms with Crippen molar-refractivity contribution in [3.05, 3.63) is 0 Å². The SMILES string of the molecule is CC(=O)S/N=B/O. The molecule has 1 N–H and O–H groups in total. The Balaban J connectivity index is 3.14. The van der Waals surface area contributed by atoms with Gasteiger partial charge in [-0.1, -0.05) is 0 Å². The van der Waals surface area contributed by atoms with Crippen LogP contribution < -0.4 is 0 Å². The Morgan fingerprint density at radius 1 is 2.00 bits per heavy atom. The molecule has 0 amide bonds. The quantitative estimate of drug-likeness (QED) is 0.387. The summed E-state index contributed by atoms with van der Waals surface area (Å²) < 4.78 is 3.17.